The summed E-state index contributed by atoms with van der Waals surface area (Å²) in [6.45, 7) is 4.04. The second kappa shape index (κ2) is 7.67. The van der Waals surface area contributed by atoms with Gasteiger partial charge < -0.3 is 4.57 Å². The molecule has 0 spiro atoms. The Hall–Kier alpha value is -3.15. The molecule has 6 nitrogen and oxygen atoms in total. The zero-order chi connectivity index (χ0) is 24.6. The van der Waals surface area contributed by atoms with Gasteiger partial charge in [0, 0.05) is 31.2 Å². The number of hydrogen-bond donors (Lipinski definition) is 0. The van der Waals surface area contributed by atoms with Gasteiger partial charge in [0.05, 0.1) is 0 Å². The van der Waals surface area contributed by atoms with Crippen LogP contribution in [0.3, 0.4) is 0 Å². The highest BCUT2D eigenvalue weighted by Crippen LogP contribution is 2.60. The molecule has 0 radical (unpaired) electrons. The Bertz CT molecular complexity index is 1220. The fourth-order valence-electron chi connectivity index (χ4n) is 7.89. The second-order valence-electron chi connectivity index (χ2n) is 11.5. The van der Waals surface area contributed by atoms with E-state index in [2.05, 4.69) is 28.8 Å². The van der Waals surface area contributed by atoms with E-state index in [9.17, 15) is 14.4 Å². The lowest BCUT2D eigenvalue weighted by Gasteiger charge is -2.57. The lowest BCUT2D eigenvalue weighted by Crippen LogP contribution is -2.52. The van der Waals surface area contributed by atoms with E-state index in [-0.39, 0.29) is 5.57 Å². The Morgan fingerprint density at radius 2 is 1.34 bits per heavy atom. The minimum absolute atomic E-state index is 0.00649. The van der Waals surface area contributed by atoms with Gasteiger partial charge in [-0.15, -0.1) is 0 Å². The van der Waals surface area contributed by atoms with Gasteiger partial charge in [0.1, 0.15) is 5.57 Å². The molecular weight excluding hydrogens is 438 g/mol. The van der Waals surface area contributed by atoms with Crippen LogP contribution in [0.15, 0.2) is 35.9 Å². The molecule has 1 aromatic heterocycles. The number of imide groups is 2. The molecule has 4 amide bonds. The Morgan fingerprint density at radius 1 is 0.829 bits per heavy atom. The van der Waals surface area contributed by atoms with Crippen LogP contribution in [-0.4, -0.2) is 46.3 Å². The molecule has 4 bridgehead atoms. The summed E-state index contributed by atoms with van der Waals surface area (Å²) in [5.41, 5.74) is 5.77. The Labute approximate surface area is 206 Å². The van der Waals surface area contributed by atoms with Crippen molar-refractivity contribution < 1.29 is 14.4 Å². The van der Waals surface area contributed by atoms with Crippen LogP contribution in [0.5, 0.6) is 0 Å². The maximum Gasteiger partial charge on any atom is 0.333 e. The third-order valence-corrected chi connectivity index (χ3v) is 9.19. The third kappa shape index (κ3) is 3.33. The first-order valence-electron chi connectivity index (χ1n) is 12.8. The fourth-order valence-corrected chi connectivity index (χ4v) is 7.89. The van der Waals surface area contributed by atoms with Crippen molar-refractivity contribution in [3.05, 3.63) is 58.4 Å². The van der Waals surface area contributed by atoms with Crippen molar-refractivity contribution in [2.75, 3.05) is 14.1 Å². The average Bonchev–Trinajstić information content (AvgIpc) is 3.11. The summed E-state index contributed by atoms with van der Waals surface area (Å²) >= 11 is 0. The predicted molar refractivity (Wildman–Crippen MR) is 134 cm³/mol. The number of benzene rings is 1. The van der Waals surface area contributed by atoms with Crippen LogP contribution in [0.1, 0.15) is 61.0 Å². The van der Waals surface area contributed by atoms with E-state index in [0.29, 0.717) is 5.41 Å². The number of likely N-dealkylation sites (N-methyl/N-ethyl adjacent to an activating group) is 2. The molecule has 5 fully saturated rings. The number of hydrogen-bond acceptors (Lipinski definition) is 3. The van der Waals surface area contributed by atoms with Gasteiger partial charge in [-0.1, -0.05) is 12.1 Å². The highest BCUT2D eigenvalue weighted by Gasteiger charge is 2.51. The number of amides is 4. The topological polar surface area (TPSA) is 62.6 Å². The van der Waals surface area contributed by atoms with Gasteiger partial charge in [0.15, 0.2) is 0 Å². The van der Waals surface area contributed by atoms with Gasteiger partial charge >= 0.3 is 6.03 Å². The molecule has 2 heterocycles. The van der Waals surface area contributed by atoms with Crippen molar-refractivity contribution >= 4 is 23.9 Å². The van der Waals surface area contributed by atoms with E-state index in [1.54, 1.807) is 6.08 Å². The average molecular weight is 472 g/mol. The van der Waals surface area contributed by atoms with E-state index in [4.69, 9.17) is 0 Å². The largest absolute Gasteiger partial charge is 0.333 e. The van der Waals surface area contributed by atoms with Gasteiger partial charge in [-0.05, 0) is 111 Å². The van der Waals surface area contributed by atoms with E-state index < -0.39 is 17.8 Å². The first-order valence-corrected chi connectivity index (χ1v) is 12.8. The maximum absolute atomic E-state index is 12.7. The summed E-state index contributed by atoms with van der Waals surface area (Å²) in [5, 5.41) is 0. The lowest BCUT2D eigenvalue weighted by atomic mass is 9.48. The molecule has 7 rings (SSSR count). The molecule has 0 atom stereocenters. The molecule has 4 aliphatic carbocycles. The lowest BCUT2D eigenvalue weighted by molar-refractivity contribution is -0.134. The van der Waals surface area contributed by atoms with E-state index in [1.165, 1.54) is 58.2 Å². The Kier molecular flexibility index (Phi) is 4.89. The molecule has 1 aromatic carbocycles. The van der Waals surface area contributed by atoms with E-state index in [1.807, 2.05) is 19.9 Å². The normalized spacial score (nSPS) is 30.0. The first-order chi connectivity index (χ1) is 16.7. The first kappa shape index (κ1) is 22.3. The van der Waals surface area contributed by atoms with Gasteiger partial charge in [0.2, 0.25) is 0 Å². The molecule has 0 N–H and O–H groups in total. The summed E-state index contributed by atoms with van der Waals surface area (Å²) in [6.07, 6.45) is 10.0. The fraction of sp³-hybridized carbons (Fsp3) is 0.483. The summed E-state index contributed by atoms with van der Waals surface area (Å²) in [6, 6.07) is 10.5. The minimum Gasteiger partial charge on any atom is -0.318 e. The highest BCUT2D eigenvalue weighted by atomic mass is 16.2. The van der Waals surface area contributed by atoms with Crippen molar-refractivity contribution in [2.45, 2.75) is 57.8 Å². The van der Waals surface area contributed by atoms with Crippen LogP contribution in [0, 0.1) is 31.6 Å². The summed E-state index contributed by atoms with van der Waals surface area (Å²) in [4.78, 5) is 39.3. The number of carbonyl (C=O) groups is 3. The SMILES string of the molecule is Cc1cc(C=C2C(=O)N(C)C(=O)N(C)C2=O)c(C)n1-c1ccc(C23CC4CC(CC(C4)C2)C3)cc1. The molecule has 5 aliphatic rings. The van der Waals surface area contributed by atoms with Crippen LogP contribution in [0.4, 0.5) is 4.79 Å². The molecule has 6 heteroatoms. The molecule has 2 aromatic rings. The van der Waals surface area contributed by atoms with Crippen LogP contribution < -0.4 is 0 Å². The Balaban J connectivity index is 1.32. The maximum atomic E-state index is 12.7. The van der Waals surface area contributed by atoms with Crippen molar-refractivity contribution in [3.8, 4) is 5.69 Å². The molecule has 0 unspecified atom stereocenters. The standard InChI is InChI=1S/C29H33N3O3/c1-17-9-22(13-25-26(33)30(3)28(35)31(4)27(25)34)18(2)32(17)24-7-5-23(6-8-24)29-14-19-10-20(15-29)12-21(11-19)16-29/h5-9,13,19-21H,10-12,14-16H2,1-4H3. The molecule has 4 saturated carbocycles. The van der Waals surface area contributed by atoms with Crippen LogP contribution in [0.25, 0.3) is 11.8 Å². The van der Waals surface area contributed by atoms with Crippen LogP contribution in [0.2, 0.25) is 0 Å². The van der Waals surface area contributed by atoms with Crippen molar-refractivity contribution in [1.82, 2.24) is 14.4 Å². The second-order valence-corrected chi connectivity index (χ2v) is 11.5. The molecule has 1 saturated heterocycles. The molecule has 35 heavy (non-hydrogen) atoms. The Morgan fingerprint density at radius 3 is 1.86 bits per heavy atom. The predicted octanol–water partition coefficient (Wildman–Crippen LogP) is 5.00. The molecule has 182 valence electrons. The zero-order valence-electron chi connectivity index (χ0n) is 21.0. The zero-order valence-corrected chi connectivity index (χ0v) is 21.0. The van der Waals surface area contributed by atoms with Crippen molar-refractivity contribution in [1.29, 1.82) is 0 Å². The number of aryl methyl sites for hydroxylation is 1. The van der Waals surface area contributed by atoms with Gasteiger partial charge in [-0.25, -0.2) is 4.79 Å². The van der Waals surface area contributed by atoms with Crippen molar-refractivity contribution in [2.24, 2.45) is 17.8 Å². The summed E-state index contributed by atoms with van der Waals surface area (Å²) in [7, 11) is 2.80. The monoisotopic (exact) mass is 471 g/mol. The summed E-state index contributed by atoms with van der Waals surface area (Å²) in [5.74, 6) is 1.63. The van der Waals surface area contributed by atoms with Crippen LogP contribution in [-0.2, 0) is 15.0 Å². The third-order valence-electron chi connectivity index (χ3n) is 9.19. The van der Waals surface area contributed by atoms with E-state index >= 15 is 0 Å². The quantitative estimate of drug-likeness (QED) is 0.468. The molecule has 1 aliphatic heterocycles. The van der Waals surface area contributed by atoms with Crippen molar-refractivity contribution in [3.63, 3.8) is 0 Å². The number of nitrogens with zero attached hydrogens (tertiary/aromatic N) is 3. The molecular formula is C29H33N3O3. The summed E-state index contributed by atoms with van der Waals surface area (Å²) < 4.78 is 2.17. The van der Waals surface area contributed by atoms with Gasteiger partial charge in [-0.3, -0.25) is 19.4 Å². The number of aromatic nitrogens is 1. The minimum atomic E-state index is -0.610. The van der Waals surface area contributed by atoms with Gasteiger partial charge in [0.25, 0.3) is 11.8 Å². The van der Waals surface area contributed by atoms with Gasteiger partial charge in [-0.2, -0.15) is 0 Å². The smallest absolute Gasteiger partial charge is 0.318 e. The number of barbiturate groups is 1. The van der Waals surface area contributed by atoms with E-state index in [0.717, 1.165) is 50.2 Å². The number of urea groups is 1. The number of rotatable bonds is 3. The highest BCUT2D eigenvalue weighted by molar-refractivity contribution is 6.30. The van der Waals surface area contributed by atoms with Crippen LogP contribution >= 0.6 is 0 Å². The number of carbonyl (C=O) groups excluding carboxylic acids is 3.